The number of aliphatic imine (C=N–C) groups is 1. The zero-order chi connectivity index (χ0) is 30.2. The predicted octanol–water partition coefficient (Wildman–Crippen LogP) is 5.35. The molecule has 0 bridgehead atoms. The maximum atomic E-state index is 13.1. The van der Waals surface area contributed by atoms with E-state index < -0.39 is 15.1 Å². The average molecular weight is 593 g/mol. The van der Waals surface area contributed by atoms with Crippen LogP contribution in [-0.2, 0) is 16.3 Å². The van der Waals surface area contributed by atoms with E-state index in [2.05, 4.69) is 34.7 Å². The van der Waals surface area contributed by atoms with Crippen LogP contribution in [0, 0.1) is 6.92 Å². The lowest BCUT2D eigenvalue weighted by atomic mass is 9.87. The van der Waals surface area contributed by atoms with Crippen LogP contribution in [0.5, 0.6) is 5.75 Å². The van der Waals surface area contributed by atoms with E-state index in [4.69, 9.17) is 15.5 Å². The number of ether oxygens (including phenoxy) is 1. The van der Waals surface area contributed by atoms with Gasteiger partial charge >= 0.3 is 0 Å². The van der Waals surface area contributed by atoms with Crippen molar-refractivity contribution in [2.45, 2.75) is 82.2 Å². The number of aromatic amines is 1. The highest BCUT2D eigenvalue weighted by Crippen LogP contribution is 2.38. The number of rotatable bonds is 8. The molecule has 42 heavy (non-hydrogen) atoms. The van der Waals surface area contributed by atoms with E-state index in [0.717, 1.165) is 54.4 Å². The highest BCUT2D eigenvalue weighted by molar-refractivity contribution is 7.92. The van der Waals surface area contributed by atoms with Crippen LogP contribution in [0.1, 0.15) is 68.8 Å². The molecule has 3 heterocycles. The van der Waals surface area contributed by atoms with Crippen LogP contribution in [0.3, 0.4) is 0 Å². The Morgan fingerprint density at radius 2 is 1.81 bits per heavy atom. The molecule has 0 amide bonds. The van der Waals surface area contributed by atoms with E-state index in [0.29, 0.717) is 23.9 Å². The predicted molar refractivity (Wildman–Crippen MR) is 170 cm³/mol. The molecule has 1 aromatic heterocycles. The van der Waals surface area contributed by atoms with Crippen LogP contribution in [0.2, 0.25) is 0 Å². The Morgan fingerprint density at radius 3 is 2.50 bits per heavy atom. The number of para-hydroxylation sites is 1. The second-order valence-electron chi connectivity index (χ2n) is 12.0. The van der Waals surface area contributed by atoms with Crippen molar-refractivity contribution in [2.24, 2.45) is 10.7 Å². The average Bonchev–Trinajstić information content (AvgIpc) is 3.34. The first-order valence-electron chi connectivity index (χ1n) is 14.9. The quantitative estimate of drug-likeness (QED) is 0.278. The minimum Gasteiger partial charge on any atom is -0.489 e. The number of piperidine rings is 1. The molecule has 1 unspecified atom stereocenters. The van der Waals surface area contributed by atoms with Gasteiger partial charge in [-0.3, -0.25) is 0 Å². The number of nitrogens with zero attached hydrogens (tertiary/aromatic N) is 2. The number of aryl methyl sites for hydroxylation is 1. The lowest BCUT2D eigenvalue weighted by Gasteiger charge is -2.32. The normalized spacial score (nSPS) is 19.0. The Hall–Kier alpha value is -3.34. The molecule has 2 aliphatic heterocycles. The van der Waals surface area contributed by atoms with E-state index in [-0.39, 0.29) is 17.2 Å². The molecule has 1 fully saturated rings. The molecular weight excluding hydrogens is 548 g/mol. The topological polar surface area (TPSA) is 125 Å². The molecule has 3 aromatic rings. The van der Waals surface area contributed by atoms with E-state index in [1.807, 2.05) is 31.9 Å². The number of hydrogen-bond donors (Lipinski definition) is 4. The van der Waals surface area contributed by atoms with Gasteiger partial charge in [0.05, 0.1) is 33.8 Å². The number of nitrogens with one attached hydrogen (secondary N) is 3. The molecule has 2 aromatic carbocycles. The molecule has 5 rings (SSSR count). The molecule has 226 valence electrons. The van der Waals surface area contributed by atoms with E-state index in [1.54, 1.807) is 38.1 Å². The van der Waals surface area contributed by atoms with Gasteiger partial charge in [0.2, 0.25) is 0 Å². The van der Waals surface area contributed by atoms with Crippen molar-refractivity contribution in [3.05, 3.63) is 64.8 Å². The largest absolute Gasteiger partial charge is 0.489 e. The number of amidine groups is 1. The fourth-order valence-electron chi connectivity index (χ4n) is 5.79. The number of likely N-dealkylation sites (N-methyl/N-ethyl adjacent to an activating group) is 1. The number of nitrogens with two attached hydrogens (primary N) is 1. The number of sulfone groups is 1. The lowest BCUT2D eigenvalue weighted by Crippen LogP contribution is -2.48. The summed E-state index contributed by atoms with van der Waals surface area (Å²) < 4.78 is 32.5. The number of fused-ring (bicyclic) bond motifs is 1. The minimum absolute atomic E-state index is 0.0264. The first-order chi connectivity index (χ1) is 20.0. The molecule has 10 heteroatoms. The molecule has 2 aliphatic rings. The highest BCUT2D eigenvalue weighted by Gasteiger charge is 2.30. The Morgan fingerprint density at radius 1 is 1.10 bits per heavy atom. The molecule has 9 nitrogen and oxygen atoms in total. The molecule has 0 aliphatic carbocycles. The van der Waals surface area contributed by atoms with Gasteiger partial charge in [0, 0.05) is 24.7 Å². The summed E-state index contributed by atoms with van der Waals surface area (Å²) in [5.41, 5.74) is 12.2. The molecule has 0 spiro atoms. The molecule has 5 N–H and O–H groups in total. The Labute approximate surface area is 249 Å². The molecule has 1 atom stereocenters. The zero-order valence-electron chi connectivity index (χ0n) is 25.5. The van der Waals surface area contributed by atoms with Crippen molar-refractivity contribution in [3.63, 3.8) is 0 Å². The number of benzene rings is 2. The van der Waals surface area contributed by atoms with Gasteiger partial charge in [-0.1, -0.05) is 12.1 Å². The monoisotopic (exact) mass is 592 g/mol. The Balaban J connectivity index is 1.53. The standard InChI is InChI=1S/C32H44N6O3S/c1-19(2)41-28-16-23(22-11-13-34-14-12-22)21(5)15-27(28)36-31-17-24-26(35-31)18-30(33)38(6)32(24)37-25-9-7-8-10-29(25)42(39,40)20(3)4/h7-10,15-17,19-20,22,30,34-36H,11-14,18,33H2,1-6H3. The van der Waals surface area contributed by atoms with Crippen LogP contribution >= 0.6 is 0 Å². The Bertz CT molecular complexity index is 1570. The fraction of sp³-hybridized carbons (Fsp3) is 0.469. The summed E-state index contributed by atoms with van der Waals surface area (Å²) in [5, 5.41) is 6.47. The summed E-state index contributed by atoms with van der Waals surface area (Å²) in [6, 6.07) is 13.3. The third-order valence-corrected chi connectivity index (χ3v) is 10.4. The van der Waals surface area contributed by atoms with Crippen LogP contribution in [0.4, 0.5) is 17.2 Å². The van der Waals surface area contributed by atoms with Crippen LogP contribution in [0.25, 0.3) is 0 Å². The van der Waals surface area contributed by atoms with Gasteiger partial charge in [0.1, 0.15) is 17.4 Å². The maximum absolute atomic E-state index is 13.1. The fourth-order valence-corrected chi connectivity index (χ4v) is 6.97. The SMILES string of the molecule is Cc1cc(Nc2cc3c([nH]2)CC(N)N(C)C3=Nc2ccccc2S(=O)(=O)C(C)C)c(OC(C)C)cc1C1CCNCC1. The van der Waals surface area contributed by atoms with Gasteiger partial charge in [0.15, 0.2) is 9.84 Å². The van der Waals surface area contributed by atoms with Crippen molar-refractivity contribution in [3.8, 4) is 5.75 Å². The molecule has 1 saturated heterocycles. The maximum Gasteiger partial charge on any atom is 0.182 e. The second kappa shape index (κ2) is 12.1. The van der Waals surface area contributed by atoms with Crippen molar-refractivity contribution < 1.29 is 13.2 Å². The van der Waals surface area contributed by atoms with Crippen molar-refractivity contribution in [2.75, 3.05) is 25.5 Å². The van der Waals surface area contributed by atoms with Gasteiger partial charge in [0.25, 0.3) is 0 Å². The number of anilines is 2. The lowest BCUT2D eigenvalue weighted by molar-refractivity contribution is 0.243. The second-order valence-corrected chi connectivity index (χ2v) is 14.4. The molecular formula is C32H44N6O3S. The summed E-state index contributed by atoms with van der Waals surface area (Å²) in [4.78, 5) is 10.5. The number of H-pyrrole nitrogens is 1. The van der Waals surface area contributed by atoms with Crippen molar-refractivity contribution in [1.29, 1.82) is 0 Å². The van der Waals surface area contributed by atoms with Crippen molar-refractivity contribution >= 4 is 32.9 Å². The number of hydrogen-bond acceptors (Lipinski definition) is 7. The van der Waals surface area contributed by atoms with Gasteiger partial charge in [-0.15, -0.1) is 0 Å². The summed E-state index contributed by atoms with van der Waals surface area (Å²) >= 11 is 0. The molecule has 0 saturated carbocycles. The van der Waals surface area contributed by atoms with E-state index in [1.165, 1.54) is 11.1 Å². The van der Waals surface area contributed by atoms with Crippen molar-refractivity contribution in [1.82, 2.24) is 15.2 Å². The van der Waals surface area contributed by atoms with Gasteiger partial charge in [-0.25, -0.2) is 13.4 Å². The zero-order valence-corrected chi connectivity index (χ0v) is 26.3. The van der Waals surface area contributed by atoms with Crippen LogP contribution < -0.4 is 21.1 Å². The van der Waals surface area contributed by atoms with Gasteiger partial charge in [-0.2, -0.15) is 0 Å². The third kappa shape index (κ3) is 6.07. The number of aromatic nitrogens is 1. The van der Waals surface area contributed by atoms with Gasteiger partial charge < -0.3 is 31.0 Å². The van der Waals surface area contributed by atoms with Crippen LogP contribution in [0.15, 0.2) is 52.4 Å². The summed E-state index contributed by atoms with van der Waals surface area (Å²) in [6.45, 7) is 11.7. The highest BCUT2D eigenvalue weighted by atomic mass is 32.2. The van der Waals surface area contributed by atoms with Gasteiger partial charge in [-0.05, 0) is 108 Å². The van der Waals surface area contributed by atoms with E-state index in [9.17, 15) is 8.42 Å². The smallest absolute Gasteiger partial charge is 0.182 e. The molecule has 0 radical (unpaired) electrons. The van der Waals surface area contributed by atoms with E-state index >= 15 is 0 Å². The summed E-state index contributed by atoms with van der Waals surface area (Å²) in [5.74, 6) is 2.76. The first-order valence-corrected chi connectivity index (χ1v) is 16.4. The summed E-state index contributed by atoms with van der Waals surface area (Å²) in [7, 11) is -1.63. The minimum atomic E-state index is -3.53. The first kappa shape index (κ1) is 30.1. The Kier molecular flexibility index (Phi) is 8.68. The third-order valence-electron chi connectivity index (χ3n) is 8.18. The summed E-state index contributed by atoms with van der Waals surface area (Å²) in [6.07, 6.45) is 2.55. The van der Waals surface area contributed by atoms with Crippen LogP contribution in [-0.4, -0.2) is 61.8 Å².